The molecule has 3 N–H and O–H groups in total. The molecule has 1 aromatic carbocycles. The Bertz CT molecular complexity index is 564. The first-order valence-corrected chi connectivity index (χ1v) is 5.98. The van der Waals surface area contributed by atoms with Crippen LogP contribution in [-0.4, -0.2) is 4.98 Å². The van der Waals surface area contributed by atoms with Crippen molar-refractivity contribution in [2.75, 3.05) is 5.43 Å². The Morgan fingerprint density at radius 2 is 2.00 bits per heavy atom. The molecule has 0 amide bonds. The molecule has 0 aliphatic heterocycles. The summed E-state index contributed by atoms with van der Waals surface area (Å²) in [6, 6.07) is 5.88. The van der Waals surface area contributed by atoms with Gasteiger partial charge in [-0.1, -0.05) is 25.4 Å². The predicted molar refractivity (Wildman–Crippen MR) is 73.4 cm³/mol. The summed E-state index contributed by atoms with van der Waals surface area (Å²) < 4.78 is 0. The summed E-state index contributed by atoms with van der Waals surface area (Å²) >= 11 is 6.12. The van der Waals surface area contributed by atoms with Crippen molar-refractivity contribution in [1.82, 2.24) is 4.98 Å². The highest BCUT2D eigenvalue weighted by Gasteiger charge is 2.09. The largest absolute Gasteiger partial charge is 0.323 e. The van der Waals surface area contributed by atoms with Crippen LogP contribution in [-0.2, 0) is 0 Å². The van der Waals surface area contributed by atoms with Gasteiger partial charge in [0.25, 0.3) is 0 Å². The van der Waals surface area contributed by atoms with E-state index in [2.05, 4.69) is 24.3 Å². The van der Waals surface area contributed by atoms with E-state index in [1.54, 1.807) is 0 Å². The third kappa shape index (κ3) is 2.21. The van der Waals surface area contributed by atoms with E-state index in [1.807, 2.05) is 25.1 Å². The van der Waals surface area contributed by atoms with Crippen molar-refractivity contribution in [1.29, 1.82) is 0 Å². The quantitative estimate of drug-likeness (QED) is 0.632. The predicted octanol–water partition coefficient (Wildman–Crippen LogP) is 3.61. The average molecular weight is 250 g/mol. The topological polar surface area (TPSA) is 50.9 Å². The number of aryl methyl sites for hydroxylation is 1. The zero-order valence-corrected chi connectivity index (χ0v) is 11.0. The van der Waals surface area contributed by atoms with Gasteiger partial charge in [-0.2, -0.15) is 0 Å². The normalized spacial score (nSPS) is 11.2. The molecule has 0 spiro atoms. The monoisotopic (exact) mass is 249 g/mol. The summed E-state index contributed by atoms with van der Waals surface area (Å²) in [7, 11) is 0. The van der Waals surface area contributed by atoms with Crippen LogP contribution in [0.5, 0.6) is 0 Å². The van der Waals surface area contributed by atoms with E-state index in [-0.39, 0.29) is 0 Å². The van der Waals surface area contributed by atoms with E-state index in [9.17, 15) is 0 Å². The summed E-state index contributed by atoms with van der Waals surface area (Å²) in [6.45, 7) is 6.17. The lowest BCUT2D eigenvalue weighted by molar-refractivity contribution is 0.830. The van der Waals surface area contributed by atoms with E-state index in [1.165, 1.54) is 0 Å². The number of anilines is 1. The number of nitrogen functional groups attached to an aromatic ring is 1. The second-order valence-electron chi connectivity index (χ2n) is 4.51. The summed E-state index contributed by atoms with van der Waals surface area (Å²) in [6.07, 6.45) is 0. The smallest absolute Gasteiger partial charge is 0.0741 e. The van der Waals surface area contributed by atoms with Gasteiger partial charge in [0.2, 0.25) is 0 Å². The lowest BCUT2D eigenvalue weighted by Crippen LogP contribution is -2.09. The fourth-order valence-corrected chi connectivity index (χ4v) is 1.95. The van der Waals surface area contributed by atoms with Crippen LogP contribution in [0.3, 0.4) is 0 Å². The zero-order valence-electron chi connectivity index (χ0n) is 10.2. The van der Waals surface area contributed by atoms with Crippen LogP contribution in [0.25, 0.3) is 10.9 Å². The minimum atomic E-state index is 0.353. The second kappa shape index (κ2) is 4.51. The van der Waals surface area contributed by atoms with Gasteiger partial charge in [-0.3, -0.25) is 10.8 Å². The van der Waals surface area contributed by atoms with E-state index in [4.69, 9.17) is 17.4 Å². The number of hydrogen-bond acceptors (Lipinski definition) is 3. The molecule has 17 heavy (non-hydrogen) atoms. The molecule has 3 nitrogen and oxygen atoms in total. The first kappa shape index (κ1) is 12.1. The molecule has 90 valence electrons. The molecule has 2 aromatic rings. The summed E-state index contributed by atoms with van der Waals surface area (Å²) in [5.74, 6) is 5.92. The molecule has 1 aromatic heterocycles. The van der Waals surface area contributed by atoms with Gasteiger partial charge in [-0.05, 0) is 36.6 Å². The average Bonchev–Trinajstić information content (AvgIpc) is 2.29. The molecule has 0 atom stereocenters. The number of nitrogens with zero attached hydrogens (tertiary/aromatic N) is 1. The zero-order chi connectivity index (χ0) is 12.6. The van der Waals surface area contributed by atoms with Crippen molar-refractivity contribution < 1.29 is 0 Å². The lowest BCUT2D eigenvalue weighted by Gasteiger charge is -2.12. The minimum absolute atomic E-state index is 0.353. The Morgan fingerprint density at radius 1 is 1.29 bits per heavy atom. The number of nitrogens with one attached hydrogen (secondary N) is 1. The van der Waals surface area contributed by atoms with Crippen LogP contribution in [0.2, 0.25) is 5.02 Å². The Morgan fingerprint density at radius 3 is 2.59 bits per heavy atom. The number of aromatic nitrogens is 1. The summed E-state index contributed by atoms with van der Waals surface area (Å²) in [4.78, 5) is 4.61. The highest BCUT2D eigenvalue weighted by molar-refractivity contribution is 6.32. The number of hydrogen-bond donors (Lipinski definition) is 2. The Kier molecular flexibility index (Phi) is 3.22. The minimum Gasteiger partial charge on any atom is -0.323 e. The molecular formula is C13H16ClN3. The molecule has 1 heterocycles. The third-order valence-electron chi connectivity index (χ3n) is 2.86. The number of nitrogens with two attached hydrogens (primary N) is 1. The number of pyridine rings is 1. The van der Waals surface area contributed by atoms with Gasteiger partial charge >= 0.3 is 0 Å². The van der Waals surface area contributed by atoms with Gasteiger partial charge in [0.1, 0.15) is 0 Å². The van der Waals surface area contributed by atoms with Crippen molar-refractivity contribution in [3.05, 3.63) is 34.5 Å². The molecule has 0 aliphatic carbocycles. The third-order valence-corrected chi connectivity index (χ3v) is 3.26. The molecular weight excluding hydrogens is 234 g/mol. The number of rotatable bonds is 2. The van der Waals surface area contributed by atoms with Crippen molar-refractivity contribution in [3.8, 4) is 0 Å². The first-order valence-electron chi connectivity index (χ1n) is 5.60. The van der Waals surface area contributed by atoms with Crippen LogP contribution in [0.4, 0.5) is 5.69 Å². The van der Waals surface area contributed by atoms with Crippen molar-refractivity contribution >= 4 is 28.2 Å². The molecule has 0 unspecified atom stereocenters. The number of fused-ring (bicyclic) bond motifs is 1. The number of halogens is 1. The highest BCUT2D eigenvalue weighted by atomic mass is 35.5. The van der Waals surface area contributed by atoms with Crippen LogP contribution < -0.4 is 11.3 Å². The van der Waals surface area contributed by atoms with Crippen molar-refractivity contribution in [2.24, 2.45) is 5.84 Å². The van der Waals surface area contributed by atoms with Crippen LogP contribution in [0.1, 0.15) is 31.0 Å². The van der Waals surface area contributed by atoms with Gasteiger partial charge in [0, 0.05) is 16.1 Å². The molecule has 0 fully saturated rings. The second-order valence-corrected chi connectivity index (χ2v) is 4.92. The molecule has 0 bridgehead atoms. The van der Waals surface area contributed by atoms with Gasteiger partial charge < -0.3 is 5.43 Å². The molecule has 0 aliphatic rings. The van der Waals surface area contributed by atoms with Crippen LogP contribution >= 0.6 is 11.6 Å². The summed E-state index contributed by atoms with van der Waals surface area (Å²) in [5.41, 5.74) is 6.52. The first-order chi connectivity index (χ1) is 8.02. The van der Waals surface area contributed by atoms with Gasteiger partial charge in [0.15, 0.2) is 0 Å². The van der Waals surface area contributed by atoms with E-state index < -0.39 is 0 Å². The Labute approximate surface area is 106 Å². The SMILES string of the molecule is Cc1cc2c(NN)cc(C(C)C)nc2cc1Cl. The Hall–Kier alpha value is -1.32. The van der Waals surface area contributed by atoms with Crippen molar-refractivity contribution in [2.45, 2.75) is 26.7 Å². The molecule has 0 saturated heterocycles. The molecule has 2 rings (SSSR count). The van der Waals surface area contributed by atoms with Gasteiger partial charge in [-0.25, -0.2) is 0 Å². The molecule has 0 saturated carbocycles. The summed E-state index contributed by atoms with van der Waals surface area (Å²) in [5, 5.41) is 1.73. The molecule has 4 heteroatoms. The standard InChI is InChI=1S/C13H16ClN3/c1-7(2)11-6-13(17-15)9-4-8(3)10(14)5-12(9)16-11/h4-7H,15H2,1-3H3,(H,16,17). The van der Waals surface area contributed by atoms with E-state index in [0.29, 0.717) is 5.92 Å². The molecule has 0 radical (unpaired) electrons. The fourth-order valence-electron chi connectivity index (χ4n) is 1.79. The maximum absolute atomic E-state index is 6.12. The number of benzene rings is 1. The van der Waals surface area contributed by atoms with Crippen LogP contribution in [0, 0.1) is 6.92 Å². The maximum Gasteiger partial charge on any atom is 0.0741 e. The van der Waals surface area contributed by atoms with E-state index >= 15 is 0 Å². The van der Waals surface area contributed by atoms with Gasteiger partial charge in [0.05, 0.1) is 11.2 Å². The van der Waals surface area contributed by atoms with Crippen LogP contribution in [0.15, 0.2) is 18.2 Å². The van der Waals surface area contributed by atoms with E-state index in [0.717, 1.165) is 32.9 Å². The highest BCUT2D eigenvalue weighted by Crippen LogP contribution is 2.29. The maximum atomic E-state index is 6.12. The lowest BCUT2D eigenvalue weighted by atomic mass is 10.1. The van der Waals surface area contributed by atoms with Gasteiger partial charge in [-0.15, -0.1) is 0 Å². The fraction of sp³-hybridized carbons (Fsp3) is 0.308. The Balaban J connectivity index is 2.78. The number of hydrazine groups is 1. The van der Waals surface area contributed by atoms with Crippen molar-refractivity contribution in [3.63, 3.8) is 0 Å².